The largest absolute Gasteiger partial charge is 0.320 e. The van der Waals surface area contributed by atoms with Crippen molar-refractivity contribution in [2.24, 2.45) is 5.10 Å². The molecule has 2 amide bonds. The fraction of sp³-hybridized carbons (Fsp3) is 0.385. The minimum absolute atomic E-state index is 0.105. The molecular weight excluding hydrogens is 260 g/mol. The number of carbonyl (C=O) groups is 2. The van der Waals surface area contributed by atoms with E-state index < -0.39 is 0 Å². The fourth-order valence-corrected chi connectivity index (χ4v) is 1.86. The minimum atomic E-state index is -0.369. The van der Waals surface area contributed by atoms with Crippen LogP contribution >= 0.6 is 0 Å². The topological polar surface area (TPSA) is 92.6 Å². The van der Waals surface area contributed by atoms with Gasteiger partial charge in [-0.3, -0.25) is 14.4 Å². The van der Waals surface area contributed by atoms with Gasteiger partial charge in [-0.05, 0) is 12.5 Å². The Bertz CT molecular complexity index is 618. The van der Waals surface area contributed by atoms with E-state index in [1.54, 1.807) is 16.8 Å². The van der Waals surface area contributed by atoms with Crippen LogP contribution in [0.4, 0.5) is 5.69 Å². The first-order chi connectivity index (χ1) is 9.60. The van der Waals surface area contributed by atoms with Crippen LogP contribution in [0.5, 0.6) is 0 Å². The van der Waals surface area contributed by atoms with Crippen LogP contribution in [0.1, 0.15) is 26.2 Å². The molecule has 0 fully saturated rings. The van der Waals surface area contributed by atoms with Gasteiger partial charge in [0.2, 0.25) is 5.91 Å². The van der Waals surface area contributed by atoms with E-state index >= 15 is 0 Å². The maximum Gasteiger partial charge on any atom is 0.271 e. The van der Waals surface area contributed by atoms with Gasteiger partial charge in [0.25, 0.3) is 11.5 Å². The number of aryl methyl sites for hydroxylation is 1. The number of pyridine rings is 1. The number of hydrogen-bond donors (Lipinski definition) is 2. The second kappa shape index (κ2) is 6.14. The highest BCUT2D eigenvalue weighted by atomic mass is 16.2. The van der Waals surface area contributed by atoms with Gasteiger partial charge in [-0.2, -0.15) is 5.10 Å². The number of anilines is 1. The molecule has 0 bridgehead atoms. The quantitative estimate of drug-likeness (QED) is 0.836. The van der Waals surface area contributed by atoms with Gasteiger partial charge in [0.1, 0.15) is 5.71 Å². The van der Waals surface area contributed by atoms with Crippen molar-refractivity contribution < 1.29 is 9.59 Å². The lowest BCUT2D eigenvalue weighted by Gasteiger charge is -2.12. The van der Waals surface area contributed by atoms with Crippen LogP contribution in [0.15, 0.2) is 28.2 Å². The molecule has 1 aliphatic heterocycles. The SMILES string of the molecule is CCCn1cc(NC(=O)C2=NNC(=O)CC2)ccc1=O. The van der Waals surface area contributed by atoms with E-state index in [1.807, 2.05) is 6.92 Å². The van der Waals surface area contributed by atoms with E-state index in [1.165, 1.54) is 6.07 Å². The summed E-state index contributed by atoms with van der Waals surface area (Å²) in [4.78, 5) is 34.5. The standard InChI is InChI=1S/C13H16N4O3/c1-2-7-17-8-9(3-6-12(17)19)14-13(20)10-4-5-11(18)16-15-10/h3,6,8H,2,4-5,7H2,1H3,(H,14,20)(H,16,18). The summed E-state index contributed by atoms with van der Waals surface area (Å²) < 4.78 is 1.54. The summed E-state index contributed by atoms with van der Waals surface area (Å²) in [5, 5.41) is 6.39. The monoisotopic (exact) mass is 276 g/mol. The first-order valence-electron chi connectivity index (χ1n) is 6.47. The van der Waals surface area contributed by atoms with Crippen LogP contribution in [0, 0.1) is 0 Å². The highest BCUT2D eigenvalue weighted by Gasteiger charge is 2.18. The van der Waals surface area contributed by atoms with E-state index in [4.69, 9.17) is 0 Å². The molecule has 7 nitrogen and oxygen atoms in total. The summed E-state index contributed by atoms with van der Waals surface area (Å²) in [6, 6.07) is 2.96. The number of nitrogens with one attached hydrogen (secondary N) is 2. The summed E-state index contributed by atoms with van der Waals surface area (Å²) in [5.41, 5.74) is 2.97. The molecule has 0 saturated carbocycles. The van der Waals surface area contributed by atoms with Gasteiger partial charge in [-0.1, -0.05) is 6.92 Å². The third-order valence-electron chi connectivity index (χ3n) is 2.87. The van der Waals surface area contributed by atoms with E-state index in [0.29, 0.717) is 18.7 Å². The van der Waals surface area contributed by atoms with Crippen molar-refractivity contribution in [1.29, 1.82) is 0 Å². The van der Waals surface area contributed by atoms with Crippen molar-refractivity contribution in [3.05, 3.63) is 28.7 Å². The summed E-state index contributed by atoms with van der Waals surface area (Å²) in [7, 11) is 0. The van der Waals surface area contributed by atoms with Gasteiger partial charge in [-0.15, -0.1) is 0 Å². The van der Waals surface area contributed by atoms with Crippen LogP contribution in [-0.4, -0.2) is 22.1 Å². The lowest BCUT2D eigenvalue weighted by molar-refractivity contribution is -0.121. The Kier molecular flexibility index (Phi) is 4.29. The number of carbonyl (C=O) groups excluding carboxylic acids is 2. The number of hydrazone groups is 1. The van der Waals surface area contributed by atoms with Gasteiger partial charge < -0.3 is 9.88 Å². The van der Waals surface area contributed by atoms with E-state index in [-0.39, 0.29) is 29.5 Å². The van der Waals surface area contributed by atoms with Crippen LogP contribution in [0.2, 0.25) is 0 Å². The molecule has 1 aromatic heterocycles. The Hall–Kier alpha value is -2.44. The molecule has 1 aromatic rings. The predicted molar refractivity (Wildman–Crippen MR) is 74.4 cm³/mol. The van der Waals surface area contributed by atoms with Crippen LogP contribution in [0.3, 0.4) is 0 Å². The molecule has 0 atom stereocenters. The van der Waals surface area contributed by atoms with Crippen LogP contribution in [0.25, 0.3) is 0 Å². The average molecular weight is 276 g/mol. The fourth-order valence-electron chi connectivity index (χ4n) is 1.86. The molecule has 20 heavy (non-hydrogen) atoms. The Morgan fingerprint density at radius 2 is 2.20 bits per heavy atom. The van der Waals surface area contributed by atoms with Gasteiger partial charge in [0, 0.05) is 31.6 Å². The summed E-state index contributed by atoms with van der Waals surface area (Å²) >= 11 is 0. The molecule has 0 aromatic carbocycles. The van der Waals surface area contributed by atoms with Crippen molar-refractivity contribution in [2.75, 3.05) is 5.32 Å². The zero-order valence-corrected chi connectivity index (χ0v) is 11.2. The molecule has 2 heterocycles. The first-order valence-corrected chi connectivity index (χ1v) is 6.47. The minimum Gasteiger partial charge on any atom is -0.320 e. The number of rotatable bonds is 4. The Morgan fingerprint density at radius 1 is 1.40 bits per heavy atom. The number of nitrogens with zero attached hydrogens (tertiary/aromatic N) is 2. The molecule has 2 N–H and O–H groups in total. The van der Waals surface area contributed by atoms with Crippen molar-refractivity contribution in [3.8, 4) is 0 Å². The molecule has 0 aliphatic carbocycles. The highest BCUT2D eigenvalue weighted by Crippen LogP contribution is 2.07. The molecule has 106 valence electrons. The average Bonchev–Trinajstić information content (AvgIpc) is 2.43. The summed E-state index contributed by atoms with van der Waals surface area (Å²) in [5.74, 6) is -0.565. The van der Waals surface area contributed by atoms with Crippen molar-refractivity contribution in [2.45, 2.75) is 32.7 Å². The van der Waals surface area contributed by atoms with Gasteiger partial charge in [-0.25, -0.2) is 5.43 Å². The van der Waals surface area contributed by atoms with Crippen LogP contribution < -0.4 is 16.3 Å². The Balaban J connectivity index is 2.10. The normalized spacial score (nSPS) is 14.4. The van der Waals surface area contributed by atoms with E-state index in [2.05, 4.69) is 15.8 Å². The molecule has 0 unspecified atom stereocenters. The summed E-state index contributed by atoms with van der Waals surface area (Å²) in [6.45, 7) is 2.57. The lowest BCUT2D eigenvalue weighted by atomic mass is 10.1. The van der Waals surface area contributed by atoms with E-state index in [0.717, 1.165) is 6.42 Å². The molecule has 0 radical (unpaired) electrons. The maximum absolute atomic E-state index is 11.9. The molecular formula is C13H16N4O3. The van der Waals surface area contributed by atoms with Crippen molar-refractivity contribution in [3.63, 3.8) is 0 Å². The maximum atomic E-state index is 11.9. The molecule has 2 rings (SSSR count). The smallest absolute Gasteiger partial charge is 0.271 e. The van der Waals surface area contributed by atoms with Gasteiger partial charge in [0.15, 0.2) is 0 Å². The zero-order valence-electron chi connectivity index (χ0n) is 11.2. The molecule has 0 spiro atoms. The van der Waals surface area contributed by atoms with Crippen molar-refractivity contribution >= 4 is 23.2 Å². The van der Waals surface area contributed by atoms with Crippen LogP contribution in [-0.2, 0) is 16.1 Å². The second-order valence-electron chi connectivity index (χ2n) is 4.50. The summed E-state index contributed by atoms with van der Waals surface area (Å²) in [6.07, 6.45) is 3.00. The predicted octanol–water partition coefficient (Wildman–Crippen LogP) is 0.463. The van der Waals surface area contributed by atoms with Crippen molar-refractivity contribution in [1.82, 2.24) is 9.99 Å². The molecule has 1 aliphatic rings. The number of amides is 2. The molecule has 0 saturated heterocycles. The Labute approximate surface area is 115 Å². The lowest BCUT2D eigenvalue weighted by Crippen LogP contribution is -2.33. The molecule has 7 heteroatoms. The van der Waals surface area contributed by atoms with Gasteiger partial charge in [0.05, 0.1) is 5.69 Å². The number of hydrogen-bond acceptors (Lipinski definition) is 4. The Morgan fingerprint density at radius 3 is 2.85 bits per heavy atom. The highest BCUT2D eigenvalue weighted by molar-refractivity contribution is 6.43. The number of aromatic nitrogens is 1. The first kappa shape index (κ1) is 14.0. The van der Waals surface area contributed by atoms with E-state index in [9.17, 15) is 14.4 Å². The zero-order chi connectivity index (χ0) is 14.5. The third-order valence-corrected chi connectivity index (χ3v) is 2.87. The second-order valence-corrected chi connectivity index (χ2v) is 4.50. The van der Waals surface area contributed by atoms with Gasteiger partial charge >= 0.3 is 0 Å². The third kappa shape index (κ3) is 3.31.